The largest absolute Gasteiger partial charge is 0.537 e. The Balaban J connectivity index is 2.17. The van der Waals surface area contributed by atoms with E-state index >= 15 is 0 Å². The molecular weight excluding hydrogens is 416 g/mol. The molecule has 0 saturated heterocycles. The number of nitrogens with zero attached hydrogens (tertiary/aromatic N) is 2. The van der Waals surface area contributed by atoms with Crippen molar-refractivity contribution in [3.8, 4) is 0 Å². The van der Waals surface area contributed by atoms with Crippen LogP contribution in [-0.2, 0) is 19.7 Å². The average molecular weight is 459 g/mol. The molecule has 0 heterocycles. The van der Waals surface area contributed by atoms with E-state index in [4.69, 9.17) is 13.3 Å². The van der Waals surface area contributed by atoms with E-state index in [0.29, 0.717) is 19.8 Å². The number of rotatable bonds is 17. The Hall–Kier alpha value is -1.54. The summed E-state index contributed by atoms with van der Waals surface area (Å²) in [5.74, 6) is 0. The molecule has 0 fully saturated rings. The molecule has 0 radical (unpaired) electrons. The highest BCUT2D eigenvalue weighted by Crippen LogP contribution is 2.13. The van der Waals surface area contributed by atoms with Crippen molar-refractivity contribution >= 4 is 14.0 Å². The maximum Gasteiger partial charge on any atom is 0.537 e. The average Bonchev–Trinajstić information content (AvgIpc) is 2.85. The van der Waals surface area contributed by atoms with Crippen molar-refractivity contribution < 1.29 is 13.3 Å². The highest BCUT2D eigenvalue weighted by Gasteiger charge is 2.44. The Morgan fingerprint density at radius 2 is 1.03 bits per heavy atom. The van der Waals surface area contributed by atoms with Crippen LogP contribution in [0.25, 0.3) is 0 Å². The standard InChI is InChI=1S/C26H42N2O3Si/c1-5-27(6-2)20-23-30-32(26-17-13-10-14-18-26,31-24-21-28(7-3)8-4)29-22-19-25-15-11-9-12-16-25/h9-18H,5-8,19-24H2,1-4H3. The Bertz CT molecular complexity index is 692. The minimum atomic E-state index is -3.06. The molecule has 0 amide bonds. The molecule has 0 aliphatic carbocycles. The van der Waals surface area contributed by atoms with E-state index in [-0.39, 0.29) is 0 Å². The van der Waals surface area contributed by atoms with Crippen LogP contribution in [0.3, 0.4) is 0 Å². The summed E-state index contributed by atoms with van der Waals surface area (Å²) in [5, 5.41) is 1.03. The predicted molar refractivity (Wildman–Crippen MR) is 135 cm³/mol. The summed E-state index contributed by atoms with van der Waals surface area (Å²) < 4.78 is 19.7. The van der Waals surface area contributed by atoms with Gasteiger partial charge in [-0.2, -0.15) is 0 Å². The lowest BCUT2D eigenvalue weighted by molar-refractivity contribution is 0.0590. The van der Waals surface area contributed by atoms with Gasteiger partial charge in [-0.3, -0.25) is 0 Å². The molecule has 2 aromatic carbocycles. The molecule has 178 valence electrons. The van der Waals surface area contributed by atoms with Crippen molar-refractivity contribution in [2.24, 2.45) is 0 Å². The van der Waals surface area contributed by atoms with Gasteiger partial charge in [-0.05, 0) is 38.2 Å². The molecule has 2 aromatic rings. The topological polar surface area (TPSA) is 34.2 Å². The number of hydrogen-bond acceptors (Lipinski definition) is 5. The van der Waals surface area contributed by atoms with Crippen molar-refractivity contribution in [2.75, 3.05) is 59.1 Å². The summed E-state index contributed by atoms with van der Waals surface area (Å²) in [7, 11) is -3.06. The van der Waals surface area contributed by atoms with Crippen LogP contribution in [0.1, 0.15) is 33.3 Å². The first-order valence-corrected chi connectivity index (χ1v) is 13.9. The minimum Gasteiger partial charge on any atom is -0.370 e. The molecule has 0 bridgehead atoms. The van der Waals surface area contributed by atoms with Crippen LogP contribution < -0.4 is 5.19 Å². The van der Waals surface area contributed by atoms with E-state index < -0.39 is 8.80 Å². The van der Waals surface area contributed by atoms with Gasteiger partial charge < -0.3 is 23.1 Å². The molecule has 2 rings (SSSR count). The molecule has 0 aliphatic heterocycles. The Labute approximate surface area is 196 Å². The maximum absolute atomic E-state index is 6.58. The lowest BCUT2D eigenvalue weighted by atomic mass is 10.2. The summed E-state index contributed by atoms with van der Waals surface area (Å²) in [4.78, 5) is 4.73. The molecule has 6 heteroatoms. The quantitative estimate of drug-likeness (QED) is 0.337. The van der Waals surface area contributed by atoms with Crippen molar-refractivity contribution in [3.05, 3.63) is 66.2 Å². The van der Waals surface area contributed by atoms with Crippen LogP contribution in [0.4, 0.5) is 0 Å². The lowest BCUT2D eigenvalue weighted by Gasteiger charge is -2.32. The molecule has 0 saturated carbocycles. The first-order valence-electron chi connectivity index (χ1n) is 12.1. The van der Waals surface area contributed by atoms with E-state index in [1.54, 1.807) is 0 Å². The summed E-state index contributed by atoms with van der Waals surface area (Å²) in [6.07, 6.45) is 0.835. The highest BCUT2D eigenvalue weighted by molar-refractivity contribution is 6.75. The highest BCUT2D eigenvalue weighted by atomic mass is 28.4. The SMILES string of the molecule is CCN(CC)CCO[Si](OCCc1ccccc1)(OCCN(CC)CC)c1ccccc1. The maximum atomic E-state index is 6.58. The number of likely N-dealkylation sites (N-methyl/N-ethyl adjacent to an activating group) is 2. The summed E-state index contributed by atoms with van der Waals surface area (Å²) in [6.45, 7) is 16.3. The van der Waals surface area contributed by atoms with Gasteiger partial charge in [-0.15, -0.1) is 0 Å². The monoisotopic (exact) mass is 458 g/mol. The van der Waals surface area contributed by atoms with E-state index in [2.05, 4.69) is 73.9 Å². The van der Waals surface area contributed by atoms with Gasteiger partial charge in [0.2, 0.25) is 0 Å². The fourth-order valence-corrected chi connectivity index (χ4v) is 6.10. The van der Waals surface area contributed by atoms with E-state index in [9.17, 15) is 0 Å². The molecule has 0 aliphatic rings. The van der Waals surface area contributed by atoms with Crippen LogP contribution in [0.15, 0.2) is 60.7 Å². The van der Waals surface area contributed by atoms with Gasteiger partial charge in [0.05, 0.1) is 13.2 Å². The summed E-state index contributed by atoms with van der Waals surface area (Å²) in [5.41, 5.74) is 1.26. The third kappa shape index (κ3) is 8.77. The van der Waals surface area contributed by atoms with E-state index in [0.717, 1.165) is 50.9 Å². The first-order chi connectivity index (χ1) is 15.7. The van der Waals surface area contributed by atoms with Gasteiger partial charge in [0.1, 0.15) is 0 Å². The van der Waals surface area contributed by atoms with E-state index in [1.165, 1.54) is 5.56 Å². The van der Waals surface area contributed by atoms with Gasteiger partial charge in [0.25, 0.3) is 0 Å². The molecule has 0 atom stereocenters. The molecule has 5 nitrogen and oxygen atoms in total. The minimum absolute atomic E-state index is 0.571. The number of hydrogen-bond donors (Lipinski definition) is 0. The molecule has 0 N–H and O–H groups in total. The van der Waals surface area contributed by atoms with Crippen molar-refractivity contribution in [2.45, 2.75) is 34.1 Å². The van der Waals surface area contributed by atoms with Crippen LogP contribution >= 0.6 is 0 Å². The van der Waals surface area contributed by atoms with Crippen molar-refractivity contribution in [1.29, 1.82) is 0 Å². The molecule has 0 aromatic heterocycles. The molecule has 0 spiro atoms. The Morgan fingerprint density at radius 1 is 0.594 bits per heavy atom. The van der Waals surface area contributed by atoms with Crippen LogP contribution in [0.2, 0.25) is 0 Å². The molecule has 32 heavy (non-hydrogen) atoms. The zero-order chi connectivity index (χ0) is 23.1. The molecular formula is C26H42N2O3Si. The predicted octanol–water partition coefficient (Wildman–Crippen LogP) is 3.81. The third-order valence-electron chi connectivity index (χ3n) is 5.84. The van der Waals surface area contributed by atoms with Crippen LogP contribution in [0.5, 0.6) is 0 Å². The second-order valence-electron chi connectivity index (χ2n) is 7.76. The van der Waals surface area contributed by atoms with Crippen LogP contribution in [-0.4, -0.2) is 77.7 Å². The van der Waals surface area contributed by atoms with Crippen molar-refractivity contribution in [3.63, 3.8) is 0 Å². The normalized spacial score (nSPS) is 12.1. The van der Waals surface area contributed by atoms with Crippen LogP contribution in [0, 0.1) is 0 Å². The van der Waals surface area contributed by atoms with Crippen molar-refractivity contribution in [1.82, 2.24) is 9.80 Å². The van der Waals surface area contributed by atoms with Gasteiger partial charge in [-0.1, -0.05) is 88.4 Å². The summed E-state index contributed by atoms with van der Waals surface area (Å²) in [6, 6.07) is 20.7. The fraction of sp³-hybridized carbons (Fsp3) is 0.538. The fourth-order valence-electron chi connectivity index (χ4n) is 3.66. The Kier molecular flexibility index (Phi) is 12.8. The van der Waals surface area contributed by atoms with E-state index in [1.807, 2.05) is 24.3 Å². The van der Waals surface area contributed by atoms with Gasteiger partial charge in [-0.25, -0.2) is 0 Å². The second kappa shape index (κ2) is 15.3. The zero-order valence-electron chi connectivity index (χ0n) is 20.5. The smallest absolute Gasteiger partial charge is 0.370 e. The zero-order valence-corrected chi connectivity index (χ0v) is 21.5. The molecule has 0 unspecified atom stereocenters. The first kappa shape index (κ1) is 26.7. The van der Waals surface area contributed by atoms with Gasteiger partial charge in [0.15, 0.2) is 0 Å². The lowest BCUT2D eigenvalue weighted by Crippen LogP contribution is -2.58. The van der Waals surface area contributed by atoms with Gasteiger partial charge >= 0.3 is 8.80 Å². The second-order valence-corrected chi connectivity index (χ2v) is 10.3. The number of benzene rings is 2. The third-order valence-corrected chi connectivity index (χ3v) is 8.63. The summed E-state index contributed by atoms with van der Waals surface area (Å²) >= 11 is 0. The Morgan fingerprint density at radius 3 is 1.50 bits per heavy atom. The van der Waals surface area contributed by atoms with Gasteiger partial charge in [0, 0.05) is 24.9 Å².